The highest BCUT2D eigenvalue weighted by Gasteiger charge is 2.38. The van der Waals surface area contributed by atoms with Gasteiger partial charge < -0.3 is 46.2 Å². The molecule has 1 N–H and O–H groups in total. The summed E-state index contributed by atoms with van der Waals surface area (Å²) in [4.78, 5) is 90.9. The number of halogens is 3. The molecule has 0 aliphatic heterocycles. The number of hydrogen-bond acceptors (Lipinski definition) is 20. The Balaban J connectivity index is 0.000000161. The molecule has 0 saturated heterocycles. The first kappa shape index (κ1) is 67.3. The second-order valence-electron chi connectivity index (χ2n) is 25.9. The Kier molecular flexibility index (Phi) is 17.7. The average Bonchev–Trinajstić information content (AvgIpc) is 1.57. The van der Waals surface area contributed by atoms with E-state index in [0.29, 0.717) is 86.3 Å². The Morgan fingerprint density at radius 3 is 1.49 bits per heavy atom. The van der Waals surface area contributed by atoms with Crippen LogP contribution in [0.2, 0.25) is 0 Å². The van der Waals surface area contributed by atoms with E-state index in [2.05, 4.69) is 39.6 Å². The van der Waals surface area contributed by atoms with E-state index in [-0.39, 0.29) is 53.5 Å². The molecule has 0 bridgehead atoms. The second kappa shape index (κ2) is 25.2. The van der Waals surface area contributed by atoms with Crippen molar-refractivity contribution in [1.29, 1.82) is 0 Å². The molecule has 27 heteroatoms. The molecule has 14 aromatic rings. The Hall–Kier alpha value is -10.1. The number of hydrogen-bond donors (Lipinski definition) is 1. The zero-order valence-electron chi connectivity index (χ0n) is 53.1. The molecule has 0 aliphatic carbocycles. The first-order valence-electron chi connectivity index (χ1n) is 29.5. The van der Waals surface area contributed by atoms with Crippen molar-refractivity contribution in [3.63, 3.8) is 0 Å². The van der Waals surface area contributed by atoms with Gasteiger partial charge in [0.15, 0.2) is 11.6 Å². The fourth-order valence-electron chi connectivity index (χ4n) is 10.7. The minimum atomic E-state index is -0.942. The third-order valence-corrected chi connectivity index (χ3v) is 16.6. The Bertz CT molecular complexity index is 5500. The number of H-pyrrole nitrogens is 1. The van der Waals surface area contributed by atoms with Crippen LogP contribution in [0.25, 0.3) is 108 Å². The van der Waals surface area contributed by atoms with Gasteiger partial charge in [0.25, 0.3) is 0 Å². The number of rotatable bonds is 5. The average molecular weight is 1410 g/mol. The number of imide groups is 2. The van der Waals surface area contributed by atoms with Gasteiger partial charge in [0.1, 0.15) is 56.2 Å². The SMILES string of the molecule is C.CC(C)(C)OC(=O)N(C(=O)OC(C)(C)C)c1nsc2ccc(CBr)cc12.CC(C)(C)OC(=O)N(C(=O)OC(C)(C)C)c1nsc2ccc(Cn3c4cc(F)c5ccoc5c4c4c5cccnc5oc(=O)c43)cc12.O=c1oc2ncccc2c2c1[nH]c1cc(F)c3ccoc3c12. The highest BCUT2D eigenvalue weighted by molar-refractivity contribution is 9.08. The predicted molar refractivity (Wildman–Crippen MR) is 370 cm³/mol. The highest BCUT2D eigenvalue weighted by atomic mass is 79.9. The highest BCUT2D eigenvalue weighted by Crippen LogP contribution is 2.42. The number of aromatic amines is 1. The van der Waals surface area contributed by atoms with Gasteiger partial charge in [-0.05, 0) is 190 Å². The summed E-state index contributed by atoms with van der Waals surface area (Å²) in [7, 11) is 0. The quantitative estimate of drug-likeness (QED) is 0.124. The molecule has 0 atom stereocenters. The van der Waals surface area contributed by atoms with Gasteiger partial charge in [0.05, 0.1) is 54.5 Å². The van der Waals surface area contributed by atoms with E-state index in [1.165, 1.54) is 42.4 Å². The number of alkyl halides is 1. The van der Waals surface area contributed by atoms with E-state index in [1.54, 1.807) is 142 Å². The third kappa shape index (κ3) is 13.1. The van der Waals surface area contributed by atoms with Crippen molar-refractivity contribution in [2.24, 2.45) is 0 Å². The molecule has 0 spiro atoms. The van der Waals surface area contributed by atoms with Crippen molar-refractivity contribution in [1.82, 2.24) is 28.3 Å². The molecule has 4 aromatic carbocycles. The van der Waals surface area contributed by atoms with E-state index in [1.807, 2.05) is 24.3 Å². The molecule has 96 heavy (non-hydrogen) atoms. The monoisotopic (exact) mass is 1410 g/mol. The smallest absolute Gasteiger partial charge is 0.425 e. The van der Waals surface area contributed by atoms with Gasteiger partial charge in [-0.2, -0.15) is 18.5 Å². The number of nitrogens with one attached hydrogen (secondary N) is 1. The standard InChI is InChI=1S/C34H29FN4O7S.C18H23BrN2O4S.C16H7FN2O3.CH4/c1-33(2,3)45-31(41)39(32(42)46-34(4,5)6)28-20-14-17(9-10-23(20)47-37-28)16-38-22-15-21(35)18-11-13-43-27(18)25(22)24-19-8-7-12-36-29(19)44-30(40)26(24)38;1-17(2,3)24-15(22)21(16(23)25-18(4,5)6)14-12-9-11(10-19)7-8-13(12)26-20-14;17-9-6-10-12(14-7(9)3-5-21-14)11-8-2-1-4-18-15(8)22-16(20)13(11)19-10;/h7-15H,16H2,1-6H3;7-9H,10H2,1-6H3;1-6,19H;1H4. The summed E-state index contributed by atoms with van der Waals surface area (Å²) in [6.45, 7) is 20.7. The maximum absolute atomic E-state index is 15.4. The van der Waals surface area contributed by atoms with E-state index in [4.69, 9.17) is 36.6 Å². The summed E-state index contributed by atoms with van der Waals surface area (Å²) < 4.78 is 85.5. The number of carbonyl (C=O) groups is 4. The predicted octanol–water partition coefficient (Wildman–Crippen LogP) is 18.7. The van der Waals surface area contributed by atoms with Gasteiger partial charge in [-0.3, -0.25) is 0 Å². The van der Waals surface area contributed by atoms with Crippen LogP contribution < -0.4 is 21.1 Å². The molecule has 4 amide bonds. The van der Waals surface area contributed by atoms with Crippen molar-refractivity contribution < 1.29 is 64.6 Å². The van der Waals surface area contributed by atoms with Crippen LogP contribution in [0.5, 0.6) is 0 Å². The number of nitrogens with zero attached hydrogens (tertiary/aromatic N) is 7. The Morgan fingerprint density at radius 2 is 1.00 bits per heavy atom. The fraction of sp³-hybridized carbons (Fsp3) is 0.275. The Labute approximate surface area is 560 Å². The summed E-state index contributed by atoms with van der Waals surface area (Å²) in [5.74, 6) is -0.661. The molecule has 10 heterocycles. The first-order chi connectivity index (χ1) is 44.8. The van der Waals surface area contributed by atoms with Crippen molar-refractivity contribution >= 4 is 183 Å². The van der Waals surface area contributed by atoms with Crippen LogP contribution >= 0.6 is 39.0 Å². The molecule has 0 radical (unpaired) electrons. The van der Waals surface area contributed by atoms with Gasteiger partial charge in [-0.1, -0.05) is 35.5 Å². The molecule has 0 aliphatic rings. The molecule has 0 unspecified atom stereocenters. The number of carbonyl (C=O) groups excluding carboxylic acids is 4. The number of anilines is 2. The number of ether oxygens (including phenoxy) is 4. The number of fused-ring (bicyclic) bond motifs is 16. The summed E-state index contributed by atoms with van der Waals surface area (Å²) in [5.41, 5.74) is -0.385. The number of pyridine rings is 2. The Morgan fingerprint density at radius 1 is 0.552 bits per heavy atom. The number of furan rings is 2. The summed E-state index contributed by atoms with van der Waals surface area (Å²) >= 11 is 5.72. The van der Waals surface area contributed by atoms with Crippen molar-refractivity contribution in [2.75, 3.05) is 9.80 Å². The third-order valence-electron chi connectivity index (χ3n) is 14.3. The van der Waals surface area contributed by atoms with E-state index in [0.717, 1.165) is 31.6 Å². The van der Waals surface area contributed by atoms with Crippen molar-refractivity contribution in [2.45, 2.75) is 125 Å². The van der Waals surface area contributed by atoms with Crippen LogP contribution in [0, 0.1) is 11.6 Å². The number of amides is 4. The molecule has 496 valence electrons. The van der Waals surface area contributed by atoms with Gasteiger partial charge in [-0.15, -0.1) is 0 Å². The van der Waals surface area contributed by atoms with Crippen LogP contribution in [-0.4, -0.2) is 75.0 Å². The van der Waals surface area contributed by atoms with E-state index < -0.39 is 69.7 Å². The van der Waals surface area contributed by atoms with Crippen LogP contribution in [-0.2, 0) is 30.8 Å². The molecule has 0 saturated carbocycles. The maximum Gasteiger partial charge on any atom is 0.425 e. The van der Waals surface area contributed by atoms with Crippen molar-refractivity contribution in [3.05, 3.63) is 153 Å². The number of aromatic nitrogens is 6. The molecular weight excluding hydrogens is 1350 g/mol. The lowest BCUT2D eigenvalue weighted by Gasteiger charge is -2.27. The van der Waals surface area contributed by atoms with Crippen molar-refractivity contribution in [3.8, 4) is 0 Å². The van der Waals surface area contributed by atoms with E-state index in [9.17, 15) is 33.2 Å². The first-order valence-corrected chi connectivity index (χ1v) is 32.1. The van der Waals surface area contributed by atoms with Gasteiger partial charge in [0.2, 0.25) is 11.4 Å². The van der Waals surface area contributed by atoms with Gasteiger partial charge >= 0.3 is 35.6 Å². The molecular formula is C69H63BrF2N8O14S2. The van der Waals surface area contributed by atoms with Crippen LogP contribution in [0.1, 0.15) is 102 Å². The summed E-state index contributed by atoms with van der Waals surface area (Å²) in [5, 5.41) is 6.09. The zero-order valence-corrected chi connectivity index (χ0v) is 56.3. The molecule has 10 aromatic heterocycles. The maximum atomic E-state index is 15.4. The summed E-state index contributed by atoms with van der Waals surface area (Å²) in [6.07, 6.45) is 2.39. The molecule has 0 fully saturated rings. The normalized spacial score (nSPS) is 12.2. The minimum Gasteiger partial charge on any atom is -0.463 e. The van der Waals surface area contributed by atoms with Crippen LogP contribution in [0.15, 0.2) is 137 Å². The van der Waals surface area contributed by atoms with Crippen LogP contribution in [0.4, 0.5) is 39.6 Å². The largest absolute Gasteiger partial charge is 0.463 e. The summed E-state index contributed by atoms with van der Waals surface area (Å²) in [6, 6.07) is 24.1. The lowest BCUT2D eigenvalue weighted by molar-refractivity contribution is 0.0407. The number of benzene rings is 4. The van der Waals surface area contributed by atoms with E-state index >= 15 is 4.39 Å². The molecule has 14 rings (SSSR count). The topological polar surface area (TPSA) is 271 Å². The lowest BCUT2D eigenvalue weighted by Crippen LogP contribution is -2.44. The van der Waals surface area contributed by atoms with Crippen LogP contribution in [0.3, 0.4) is 0 Å². The minimum absolute atomic E-state index is 0. The lowest BCUT2D eigenvalue weighted by atomic mass is 10.1. The fourth-order valence-corrected chi connectivity index (χ4v) is 12.5. The van der Waals surface area contributed by atoms with Gasteiger partial charge in [0, 0.05) is 56.6 Å². The zero-order chi connectivity index (χ0) is 68.0. The second-order valence-corrected chi connectivity index (χ2v) is 28.1. The molecule has 22 nitrogen and oxygen atoms in total. The van der Waals surface area contributed by atoms with Gasteiger partial charge in [-0.25, -0.2) is 47.5 Å².